The fourth-order valence-electron chi connectivity index (χ4n) is 1.26. The highest BCUT2D eigenvalue weighted by Gasteiger charge is 1.95. The predicted molar refractivity (Wildman–Crippen MR) is 66.3 cm³/mol. The molecular formula is C12H21NOS. The van der Waals surface area contributed by atoms with Gasteiger partial charge in [-0.2, -0.15) is 0 Å². The van der Waals surface area contributed by atoms with E-state index >= 15 is 0 Å². The Hall–Kier alpha value is -0.380. The van der Waals surface area contributed by atoms with E-state index < -0.39 is 0 Å². The highest BCUT2D eigenvalue weighted by molar-refractivity contribution is 7.09. The molecule has 0 fully saturated rings. The normalized spacial score (nSPS) is 11.1. The molecule has 0 saturated carbocycles. The maximum Gasteiger partial charge on any atom is 0.0809 e. The van der Waals surface area contributed by atoms with Gasteiger partial charge in [-0.3, -0.25) is 0 Å². The van der Waals surface area contributed by atoms with Crippen LogP contribution in [-0.4, -0.2) is 19.7 Å². The van der Waals surface area contributed by atoms with Gasteiger partial charge in [-0.1, -0.05) is 19.9 Å². The van der Waals surface area contributed by atoms with Crippen LogP contribution in [0, 0.1) is 5.92 Å². The number of thiophene rings is 1. The molecule has 0 atom stereocenters. The summed E-state index contributed by atoms with van der Waals surface area (Å²) in [6, 6.07) is 4.18. The molecule has 1 aromatic rings. The van der Waals surface area contributed by atoms with E-state index in [1.165, 1.54) is 4.88 Å². The van der Waals surface area contributed by atoms with Crippen LogP contribution in [0.15, 0.2) is 17.5 Å². The Labute approximate surface area is 96.7 Å². The summed E-state index contributed by atoms with van der Waals surface area (Å²) in [5, 5.41) is 5.49. The van der Waals surface area contributed by atoms with Gasteiger partial charge in [-0.25, -0.2) is 0 Å². The van der Waals surface area contributed by atoms with Crippen LogP contribution in [0.4, 0.5) is 0 Å². The fourth-order valence-corrected chi connectivity index (χ4v) is 1.90. The summed E-state index contributed by atoms with van der Waals surface area (Å²) in [6.07, 6.45) is 1.10. The number of hydrogen-bond acceptors (Lipinski definition) is 3. The summed E-state index contributed by atoms with van der Waals surface area (Å²) >= 11 is 1.75. The van der Waals surface area contributed by atoms with Gasteiger partial charge in [0.2, 0.25) is 0 Å². The third-order valence-electron chi connectivity index (χ3n) is 2.02. The SMILES string of the molecule is CC(C)CNCCCOCc1cccs1. The molecule has 86 valence electrons. The van der Waals surface area contributed by atoms with Gasteiger partial charge in [0, 0.05) is 11.5 Å². The largest absolute Gasteiger partial charge is 0.376 e. The minimum atomic E-state index is 0.733. The Morgan fingerprint density at radius 2 is 2.33 bits per heavy atom. The molecular weight excluding hydrogens is 206 g/mol. The van der Waals surface area contributed by atoms with Crippen LogP contribution in [0.5, 0.6) is 0 Å². The van der Waals surface area contributed by atoms with E-state index in [1.54, 1.807) is 11.3 Å². The van der Waals surface area contributed by atoms with Gasteiger partial charge >= 0.3 is 0 Å². The molecule has 0 amide bonds. The van der Waals surface area contributed by atoms with Crippen LogP contribution < -0.4 is 5.32 Å². The summed E-state index contributed by atoms with van der Waals surface area (Å²) in [5.74, 6) is 0.733. The van der Waals surface area contributed by atoms with Crippen molar-refractivity contribution in [3.8, 4) is 0 Å². The summed E-state index contributed by atoms with van der Waals surface area (Å²) in [7, 11) is 0. The lowest BCUT2D eigenvalue weighted by atomic mass is 10.2. The molecule has 15 heavy (non-hydrogen) atoms. The molecule has 1 aromatic heterocycles. The van der Waals surface area contributed by atoms with Gasteiger partial charge < -0.3 is 10.1 Å². The summed E-state index contributed by atoms with van der Waals surface area (Å²) in [4.78, 5) is 1.31. The molecule has 0 spiro atoms. The molecule has 0 bridgehead atoms. The standard InChI is InChI=1S/C12H21NOS/c1-11(2)9-13-6-4-7-14-10-12-5-3-8-15-12/h3,5,8,11,13H,4,6-7,9-10H2,1-2H3. The molecule has 0 aliphatic rings. The van der Waals surface area contributed by atoms with Crippen LogP contribution in [0.3, 0.4) is 0 Å². The third kappa shape index (κ3) is 6.66. The molecule has 1 heterocycles. The van der Waals surface area contributed by atoms with Crippen LogP contribution in [0.1, 0.15) is 25.1 Å². The van der Waals surface area contributed by atoms with Crippen molar-refractivity contribution in [3.63, 3.8) is 0 Å². The third-order valence-corrected chi connectivity index (χ3v) is 2.87. The highest BCUT2D eigenvalue weighted by atomic mass is 32.1. The van der Waals surface area contributed by atoms with Gasteiger partial charge in [0.1, 0.15) is 0 Å². The maximum atomic E-state index is 5.56. The van der Waals surface area contributed by atoms with Crippen molar-refractivity contribution in [1.29, 1.82) is 0 Å². The highest BCUT2D eigenvalue weighted by Crippen LogP contribution is 2.09. The van der Waals surface area contributed by atoms with Gasteiger partial charge in [-0.05, 0) is 36.9 Å². The lowest BCUT2D eigenvalue weighted by molar-refractivity contribution is 0.120. The van der Waals surface area contributed by atoms with E-state index in [0.717, 1.165) is 38.6 Å². The van der Waals surface area contributed by atoms with E-state index in [0.29, 0.717) is 0 Å². The van der Waals surface area contributed by atoms with Crippen molar-refractivity contribution in [2.24, 2.45) is 5.92 Å². The average molecular weight is 227 g/mol. The Bertz CT molecular complexity index is 234. The van der Waals surface area contributed by atoms with Gasteiger partial charge in [0.05, 0.1) is 6.61 Å². The quantitative estimate of drug-likeness (QED) is 0.690. The van der Waals surface area contributed by atoms with Crippen LogP contribution in [0.25, 0.3) is 0 Å². The van der Waals surface area contributed by atoms with E-state index in [-0.39, 0.29) is 0 Å². The fraction of sp³-hybridized carbons (Fsp3) is 0.667. The van der Waals surface area contributed by atoms with Gasteiger partial charge in [-0.15, -0.1) is 11.3 Å². The smallest absolute Gasteiger partial charge is 0.0809 e. The summed E-state index contributed by atoms with van der Waals surface area (Å²) < 4.78 is 5.56. The molecule has 1 rings (SSSR count). The van der Waals surface area contributed by atoms with Crippen molar-refractivity contribution < 1.29 is 4.74 Å². The lowest BCUT2D eigenvalue weighted by Gasteiger charge is -2.07. The second kappa shape index (κ2) is 7.85. The lowest BCUT2D eigenvalue weighted by Crippen LogP contribution is -2.21. The number of rotatable bonds is 8. The molecule has 0 radical (unpaired) electrons. The van der Waals surface area contributed by atoms with Gasteiger partial charge in [0.25, 0.3) is 0 Å². The van der Waals surface area contributed by atoms with Crippen molar-refractivity contribution in [1.82, 2.24) is 5.32 Å². The minimum Gasteiger partial charge on any atom is -0.376 e. The first-order valence-electron chi connectivity index (χ1n) is 5.60. The minimum absolute atomic E-state index is 0.733. The molecule has 0 saturated heterocycles. The van der Waals surface area contributed by atoms with E-state index in [2.05, 4.69) is 36.7 Å². The van der Waals surface area contributed by atoms with E-state index in [9.17, 15) is 0 Å². The Balaban J connectivity index is 1.85. The van der Waals surface area contributed by atoms with Crippen LogP contribution >= 0.6 is 11.3 Å². The van der Waals surface area contributed by atoms with Crippen molar-refractivity contribution in [2.75, 3.05) is 19.7 Å². The monoisotopic (exact) mass is 227 g/mol. The molecule has 0 aliphatic carbocycles. The van der Waals surface area contributed by atoms with Crippen molar-refractivity contribution in [2.45, 2.75) is 26.9 Å². The van der Waals surface area contributed by atoms with E-state index in [4.69, 9.17) is 4.74 Å². The number of hydrogen-bond donors (Lipinski definition) is 1. The molecule has 1 N–H and O–H groups in total. The summed E-state index contributed by atoms with van der Waals surface area (Å²) in [5.41, 5.74) is 0. The maximum absolute atomic E-state index is 5.56. The predicted octanol–water partition coefficient (Wildman–Crippen LogP) is 2.90. The molecule has 0 aromatic carbocycles. The molecule has 3 heteroatoms. The Morgan fingerprint density at radius 1 is 1.47 bits per heavy atom. The van der Waals surface area contributed by atoms with Crippen LogP contribution in [-0.2, 0) is 11.3 Å². The molecule has 2 nitrogen and oxygen atoms in total. The first-order chi connectivity index (χ1) is 7.29. The second-order valence-electron chi connectivity index (χ2n) is 4.08. The summed E-state index contributed by atoms with van der Waals surface area (Å²) in [6.45, 7) is 8.22. The number of ether oxygens (including phenoxy) is 1. The average Bonchev–Trinajstić information content (AvgIpc) is 2.68. The van der Waals surface area contributed by atoms with Gasteiger partial charge in [0.15, 0.2) is 0 Å². The zero-order chi connectivity index (χ0) is 10.9. The van der Waals surface area contributed by atoms with E-state index in [1.807, 2.05) is 0 Å². The zero-order valence-electron chi connectivity index (χ0n) is 9.66. The number of nitrogens with one attached hydrogen (secondary N) is 1. The second-order valence-corrected chi connectivity index (χ2v) is 5.12. The van der Waals surface area contributed by atoms with Crippen LogP contribution in [0.2, 0.25) is 0 Å². The van der Waals surface area contributed by atoms with Crippen molar-refractivity contribution >= 4 is 11.3 Å². The first kappa shape index (κ1) is 12.7. The zero-order valence-corrected chi connectivity index (χ0v) is 10.5. The molecule has 0 unspecified atom stereocenters. The Kier molecular flexibility index (Phi) is 6.64. The topological polar surface area (TPSA) is 21.3 Å². The Morgan fingerprint density at radius 3 is 3.00 bits per heavy atom. The molecule has 0 aliphatic heterocycles. The van der Waals surface area contributed by atoms with Crippen molar-refractivity contribution in [3.05, 3.63) is 22.4 Å². The first-order valence-corrected chi connectivity index (χ1v) is 6.48.